The van der Waals surface area contributed by atoms with E-state index in [2.05, 4.69) is 53.7 Å². The molecular formula is C19H32W. The Hall–Kier alpha value is -0.0917. The van der Waals surface area contributed by atoms with Crippen molar-refractivity contribution in [1.29, 1.82) is 0 Å². The maximum Gasteiger partial charge on any atom is 0 e. The Morgan fingerprint density at radius 2 is 1.00 bits per heavy atom. The van der Waals surface area contributed by atoms with Gasteiger partial charge in [0.25, 0.3) is 0 Å². The van der Waals surface area contributed by atoms with Crippen LogP contribution in [0.1, 0.15) is 84.1 Å². The van der Waals surface area contributed by atoms with Gasteiger partial charge < -0.3 is 0 Å². The van der Waals surface area contributed by atoms with Crippen LogP contribution >= 0.6 is 0 Å². The maximum absolute atomic E-state index is 2.38. The largest absolute Gasteiger partial charge is 0.0683 e. The SMILES string of the molecule is CC.CC(C)(C)c1ccc(C(C)(C)C)c2c1CCC2.[W]. The second-order valence-electron chi connectivity index (χ2n) is 7.47. The number of fused-ring (bicyclic) bond motifs is 1. The minimum absolute atomic E-state index is 0. The minimum Gasteiger partial charge on any atom is -0.0683 e. The molecule has 0 aliphatic heterocycles. The van der Waals surface area contributed by atoms with Gasteiger partial charge in [-0.2, -0.15) is 0 Å². The minimum atomic E-state index is 0. The molecule has 20 heavy (non-hydrogen) atoms. The number of rotatable bonds is 0. The van der Waals surface area contributed by atoms with E-state index in [1.54, 1.807) is 22.3 Å². The van der Waals surface area contributed by atoms with Crippen LogP contribution in [0.4, 0.5) is 0 Å². The molecule has 0 nitrogen and oxygen atoms in total. The molecule has 0 unspecified atom stereocenters. The zero-order valence-corrected chi connectivity index (χ0v) is 17.6. The van der Waals surface area contributed by atoms with Gasteiger partial charge in [-0.3, -0.25) is 0 Å². The third-order valence-electron chi connectivity index (χ3n) is 3.90. The van der Waals surface area contributed by atoms with Crippen molar-refractivity contribution >= 4 is 0 Å². The number of benzene rings is 1. The van der Waals surface area contributed by atoms with E-state index in [0.717, 1.165) is 0 Å². The second-order valence-corrected chi connectivity index (χ2v) is 7.47. The fourth-order valence-electron chi connectivity index (χ4n) is 3.11. The number of hydrogen-bond donors (Lipinski definition) is 0. The average molecular weight is 444 g/mol. The molecule has 0 heterocycles. The van der Waals surface area contributed by atoms with Crippen LogP contribution in [0.5, 0.6) is 0 Å². The summed E-state index contributed by atoms with van der Waals surface area (Å²) in [5.74, 6) is 0. The Morgan fingerprint density at radius 1 is 0.700 bits per heavy atom. The molecule has 0 aromatic heterocycles. The summed E-state index contributed by atoms with van der Waals surface area (Å²) in [6.45, 7) is 18.0. The Bertz CT molecular complexity index is 389. The van der Waals surface area contributed by atoms with E-state index in [1.165, 1.54) is 19.3 Å². The smallest absolute Gasteiger partial charge is 0 e. The summed E-state index contributed by atoms with van der Waals surface area (Å²) in [4.78, 5) is 0. The van der Waals surface area contributed by atoms with Crippen LogP contribution in [0, 0.1) is 0 Å². The van der Waals surface area contributed by atoms with Gasteiger partial charge in [-0.25, -0.2) is 0 Å². The molecule has 1 aromatic rings. The predicted octanol–water partition coefficient (Wildman–Crippen LogP) is 5.79. The first-order chi connectivity index (χ1) is 8.71. The van der Waals surface area contributed by atoms with E-state index < -0.39 is 0 Å². The quantitative estimate of drug-likeness (QED) is 0.475. The van der Waals surface area contributed by atoms with E-state index in [4.69, 9.17) is 0 Å². The van der Waals surface area contributed by atoms with Crippen molar-refractivity contribution in [3.05, 3.63) is 34.4 Å². The number of hydrogen-bond acceptors (Lipinski definition) is 0. The van der Waals surface area contributed by atoms with Gasteiger partial charge >= 0.3 is 0 Å². The van der Waals surface area contributed by atoms with Crippen LogP contribution in [-0.4, -0.2) is 0 Å². The van der Waals surface area contributed by atoms with Gasteiger partial charge in [0.1, 0.15) is 0 Å². The molecule has 0 saturated carbocycles. The molecule has 114 valence electrons. The molecule has 1 aliphatic rings. The molecular weight excluding hydrogens is 412 g/mol. The third kappa shape index (κ3) is 4.20. The fourth-order valence-corrected chi connectivity index (χ4v) is 3.11. The van der Waals surface area contributed by atoms with Crippen molar-refractivity contribution in [2.75, 3.05) is 0 Å². The molecule has 1 aliphatic carbocycles. The Balaban J connectivity index is 0.00000115. The summed E-state index contributed by atoms with van der Waals surface area (Å²) >= 11 is 0. The summed E-state index contributed by atoms with van der Waals surface area (Å²) in [6, 6.07) is 4.76. The Morgan fingerprint density at radius 3 is 1.25 bits per heavy atom. The van der Waals surface area contributed by atoms with Crippen LogP contribution in [-0.2, 0) is 44.7 Å². The van der Waals surface area contributed by atoms with Gasteiger partial charge in [-0.1, -0.05) is 67.5 Å². The predicted molar refractivity (Wildman–Crippen MR) is 87.2 cm³/mol. The van der Waals surface area contributed by atoms with E-state index in [9.17, 15) is 0 Å². The monoisotopic (exact) mass is 444 g/mol. The first-order valence-corrected chi connectivity index (χ1v) is 7.87. The fraction of sp³-hybridized carbons (Fsp3) is 0.684. The third-order valence-corrected chi connectivity index (χ3v) is 3.90. The summed E-state index contributed by atoms with van der Waals surface area (Å²) in [7, 11) is 0. The van der Waals surface area contributed by atoms with Gasteiger partial charge in [0.15, 0.2) is 0 Å². The van der Waals surface area contributed by atoms with Crippen LogP contribution in [0.25, 0.3) is 0 Å². The van der Waals surface area contributed by atoms with Crippen LogP contribution in [0.15, 0.2) is 12.1 Å². The van der Waals surface area contributed by atoms with Crippen molar-refractivity contribution in [3.8, 4) is 0 Å². The van der Waals surface area contributed by atoms with Crippen LogP contribution in [0.3, 0.4) is 0 Å². The van der Waals surface area contributed by atoms with Gasteiger partial charge in [0, 0.05) is 21.1 Å². The van der Waals surface area contributed by atoms with E-state index in [0.29, 0.717) is 0 Å². The van der Waals surface area contributed by atoms with Crippen molar-refractivity contribution < 1.29 is 21.1 Å². The topological polar surface area (TPSA) is 0 Å². The van der Waals surface area contributed by atoms with Crippen molar-refractivity contribution in [1.82, 2.24) is 0 Å². The van der Waals surface area contributed by atoms with Gasteiger partial charge in [0.2, 0.25) is 0 Å². The maximum atomic E-state index is 2.38. The molecule has 0 fully saturated rings. The molecule has 0 amide bonds. The Kier molecular flexibility index (Phi) is 7.22. The van der Waals surface area contributed by atoms with Crippen molar-refractivity contribution in [3.63, 3.8) is 0 Å². The van der Waals surface area contributed by atoms with E-state index >= 15 is 0 Å². The summed E-state index contributed by atoms with van der Waals surface area (Å²) in [6.07, 6.45) is 3.91. The van der Waals surface area contributed by atoms with Crippen LogP contribution < -0.4 is 0 Å². The average Bonchev–Trinajstić information content (AvgIpc) is 2.76. The van der Waals surface area contributed by atoms with E-state index in [-0.39, 0.29) is 31.9 Å². The zero-order chi connectivity index (χ0) is 14.8. The molecule has 2 rings (SSSR count). The zero-order valence-electron chi connectivity index (χ0n) is 14.7. The standard InChI is InChI=1S/C17H26.C2H6.W/c1-16(2,3)14-10-11-15(17(4,5)6)13-9-7-8-12(13)14;1-2;/h10-11H,7-9H2,1-6H3;1-2H3;. The van der Waals surface area contributed by atoms with Crippen molar-refractivity contribution in [2.45, 2.75) is 85.5 Å². The van der Waals surface area contributed by atoms with Crippen molar-refractivity contribution in [2.24, 2.45) is 0 Å². The molecule has 0 saturated heterocycles. The molecule has 0 radical (unpaired) electrons. The van der Waals surface area contributed by atoms with Crippen LogP contribution in [0.2, 0.25) is 0 Å². The summed E-state index contributed by atoms with van der Waals surface area (Å²) < 4.78 is 0. The molecule has 0 bridgehead atoms. The second kappa shape index (κ2) is 7.26. The summed E-state index contributed by atoms with van der Waals surface area (Å²) in [5, 5.41) is 0. The molecule has 0 N–H and O–H groups in total. The van der Waals surface area contributed by atoms with Gasteiger partial charge in [0.05, 0.1) is 0 Å². The van der Waals surface area contributed by atoms with Gasteiger partial charge in [-0.05, 0) is 52.3 Å². The normalized spacial score (nSPS) is 14.0. The van der Waals surface area contributed by atoms with E-state index in [1.807, 2.05) is 13.8 Å². The molecule has 0 atom stereocenters. The first kappa shape index (κ1) is 19.9. The van der Waals surface area contributed by atoms with Gasteiger partial charge in [-0.15, -0.1) is 0 Å². The molecule has 1 heteroatoms. The summed E-state index contributed by atoms with van der Waals surface area (Å²) in [5.41, 5.74) is 7.02. The first-order valence-electron chi connectivity index (χ1n) is 7.87. The Labute approximate surface area is 141 Å². The molecule has 0 spiro atoms. The molecule has 1 aromatic carbocycles.